The van der Waals surface area contributed by atoms with Crippen molar-refractivity contribution in [2.75, 3.05) is 6.54 Å². The highest BCUT2D eigenvalue weighted by Gasteiger charge is 2.12. The maximum atomic E-state index is 11.5. The van der Waals surface area contributed by atoms with Crippen LogP contribution in [0.15, 0.2) is 6.20 Å². The number of likely N-dealkylation sites (N-methyl/N-ethyl adjacent to an activating group) is 1. The number of nitrogens with zero attached hydrogens (tertiary/aromatic N) is 2. The van der Waals surface area contributed by atoms with Crippen LogP contribution in [-0.2, 0) is 24.2 Å². The van der Waals surface area contributed by atoms with E-state index in [9.17, 15) is 4.79 Å². The first-order chi connectivity index (χ1) is 8.29. The fourth-order valence-electron chi connectivity index (χ4n) is 2.36. The Morgan fingerprint density at radius 3 is 2.88 bits per heavy atom. The summed E-state index contributed by atoms with van der Waals surface area (Å²) in [6.45, 7) is 2.96. The van der Waals surface area contributed by atoms with Crippen molar-refractivity contribution in [3.8, 4) is 0 Å². The van der Waals surface area contributed by atoms with Crippen molar-refractivity contribution in [2.45, 2.75) is 52.0 Å². The molecule has 4 heteroatoms. The van der Waals surface area contributed by atoms with Gasteiger partial charge in [0, 0.05) is 12.7 Å². The van der Waals surface area contributed by atoms with E-state index in [0.29, 0.717) is 13.1 Å². The molecule has 4 nitrogen and oxygen atoms in total. The zero-order valence-electron chi connectivity index (χ0n) is 10.5. The van der Waals surface area contributed by atoms with Gasteiger partial charge in [-0.3, -0.25) is 9.48 Å². The highest BCUT2D eigenvalue weighted by atomic mass is 16.2. The topological polar surface area (TPSA) is 46.9 Å². The van der Waals surface area contributed by atoms with E-state index in [-0.39, 0.29) is 5.91 Å². The van der Waals surface area contributed by atoms with E-state index in [1.807, 2.05) is 6.92 Å². The number of aryl methyl sites for hydroxylation is 2. The second kappa shape index (κ2) is 5.84. The molecule has 1 aliphatic carbocycles. The molecule has 1 aliphatic rings. The molecule has 0 atom stereocenters. The van der Waals surface area contributed by atoms with Gasteiger partial charge in [-0.2, -0.15) is 5.10 Å². The summed E-state index contributed by atoms with van der Waals surface area (Å²) in [5.74, 6) is 0.0444. The minimum absolute atomic E-state index is 0.0444. The van der Waals surface area contributed by atoms with Gasteiger partial charge < -0.3 is 5.32 Å². The average molecular weight is 235 g/mol. The van der Waals surface area contributed by atoms with E-state index in [1.54, 1.807) is 4.68 Å². The lowest BCUT2D eigenvalue weighted by atomic mass is 9.99. The maximum Gasteiger partial charge on any atom is 0.241 e. The summed E-state index contributed by atoms with van der Waals surface area (Å²) in [7, 11) is 0. The molecule has 1 heterocycles. The van der Waals surface area contributed by atoms with E-state index in [2.05, 4.69) is 16.6 Å². The van der Waals surface area contributed by atoms with Crippen LogP contribution >= 0.6 is 0 Å². The van der Waals surface area contributed by atoms with Gasteiger partial charge in [0.05, 0.1) is 5.69 Å². The third-order valence-electron chi connectivity index (χ3n) is 3.21. The van der Waals surface area contributed by atoms with Crippen LogP contribution in [0.2, 0.25) is 0 Å². The number of nitrogens with one attached hydrogen (secondary N) is 1. The van der Waals surface area contributed by atoms with Crippen LogP contribution in [0.1, 0.15) is 43.9 Å². The molecule has 0 bridgehead atoms. The zero-order chi connectivity index (χ0) is 12.1. The first-order valence-corrected chi connectivity index (χ1v) is 6.61. The van der Waals surface area contributed by atoms with Crippen molar-refractivity contribution in [3.63, 3.8) is 0 Å². The minimum Gasteiger partial charge on any atom is -0.355 e. The van der Waals surface area contributed by atoms with Gasteiger partial charge in [-0.05, 0) is 38.2 Å². The summed E-state index contributed by atoms with van der Waals surface area (Å²) in [5, 5.41) is 7.33. The summed E-state index contributed by atoms with van der Waals surface area (Å²) < 4.78 is 1.79. The van der Waals surface area contributed by atoms with E-state index >= 15 is 0 Å². The lowest BCUT2D eigenvalue weighted by Gasteiger charge is -2.06. The molecular formula is C13H21N3O. The molecule has 0 aliphatic heterocycles. The molecule has 17 heavy (non-hydrogen) atoms. The molecule has 1 N–H and O–H groups in total. The van der Waals surface area contributed by atoms with Crippen LogP contribution in [0, 0.1) is 0 Å². The first kappa shape index (κ1) is 12.1. The lowest BCUT2D eigenvalue weighted by molar-refractivity contribution is -0.121. The number of rotatable bonds is 3. The summed E-state index contributed by atoms with van der Waals surface area (Å²) in [4.78, 5) is 11.5. The van der Waals surface area contributed by atoms with Crippen LogP contribution in [0.5, 0.6) is 0 Å². The standard InChI is InChI=1S/C13H21N3O/c1-2-14-13(17)10-16-9-11-7-5-3-4-6-8-12(11)15-16/h9H,2-8,10H2,1H3,(H,14,17). The predicted molar refractivity (Wildman–Crippen MR) is 66.8 cm³/mol. The maximum absolute atomic E-state index is 11.5. The molecule has 0 radical (unpaired) electrons. The zero-order valence-corrected chi connectivity index (χ0v) is 10.5. The number of fused-ring (bicyclic) bond motifs is 1. The van der Waals surface area contributed by atoms with Gasteiger partial charge in [-0.15, -0.1) is 0 Å². The van der Waals surface area contributed by atoms with Crippen LogP contribution in [0.3, 0.4) is 0 Å². The Morgan fingerprint density at radius 1 is 1.35 bits per heavy atom. The molecule has 0 saturated carbocycles. The third-order valence-corrected chi connectivity index (χ3v) is 3.21. The van der Waals surface area contributed by atoms with Gasteiger partial charge in [0.15, 0.2) is 0 Å². The van der Waals surface area contributed by atoms with Crippen molar-refractivity contribution < 1.29 is 4.79 Å². The molecule has 0 saturated heterocycles. The number of carbonyl (C=O) groups excluding carboxylic acids is 1. The van der Waals surface area contributed by atoms with Crippen LogP contribution in [0.4, 0.5) is 0 Å². The molecular weight excluding hydrogens is 214 g/mol. The van der Waals surface area contributed by atoms with Crippen molar-refractivity contribution >= 4 is 5.91 Å². The Morgan fingerprint density at radius 2 is 2.12 bits per heavy atom. The molecule has 0 spiro atoms. The molecule has 0 fully saturated rings. The fraction of sp³-hybridized carbons (Fsp3) is 0.692. The highest BCUT2D eigenvalue weighted by molar-refractivity contribution is 5.75. The highest BCUT2D eigenvalue weighted by Crippen LogP contribution is 2.18. The molecule has 94 valence electrons. The lowest BCUT2D eigenvalue weighted by Crippen LogP contribution is -2.27. The molecule has 2 rings (SSSR count). The number of aromatic nitrogens is 2. The van der Waals surface area contributed by atoms with E-state index in [0.717, 1.165) is 12.8 Å². The molecule has 0 unspecified atom stereocenters. The van der Waals surface area contributed by atoms with Crippen LogP contribution in [0.25, 0.3) is 0 Å². The van der Waals surface area contributed by atoms with Gasteiger partial charge in [-0.25, -0.2) is 0 Å². The second-order valence-electron chi connectivity index (χ2n) is 4.67. The quantitative estimate of drug-likeness (QED) is 0.866. The minimum atomic E-state index is 0.0444. The SMILES string of the molecule is CCNC(=O)Cn1cc2c(n1)CCCCCC2. The average Bonchev–Trinajstić information content (AvgIpc) is 2.60. The Kier molecular flexibility index (Phi) is 4.18. The summed E-state index contributed by atoms with van der Waals surface area (Å²) >= 11 is 0. The molecule has 1 aromatic heterocycles. The fourth-order valence-corrected chi connectivity index (χ4v) is 2.36. The monoisotopic (exact) mass is 235 g/mol. The predicted octanol–water partition coefficient (Wildman–Crippen LogP) is 1.68. The van der Waals surface area contributed by atoms with Crippen LogP contribution < -0.4 is 5.32 Å². The Bertz CT molecular complexity index is 359. The second-order valence-corrected chi connectivity index (χ2v) is 4.67. The van der Waals surface area contributed by atoms with Gasteiger partial charge in [0.2, 0.25) is 5.91 Å². The summed E-state index contributed by atoms with van der Waals surface area (Å²) in [5.41, 5.74) is 2.54. The number of carbonyl (C=O) groups is 1. The van der Waals surface area contributed by atoms with E-state index in [4.69, 9.17) is 0 Å². The summed E-state index contributed by atoms with van der Waals surface area (Å²) in [6, 6.07) is 0. The number of hydrogen-bond donors (Lipinski definition) is 1. The largest absolute Gasteiger partial charge is 0.355 e. The van der Waals surface area contributed by atoms with E-state index in [1.165, 1.54) is 36.9 Å². The first-order valence-electron chi connectivity index (χ1n) is 6.61. The van der Waals surface area contributed by atoms with E-state index < -0.39 is 0 Å². The Balaban J connectivity index is 2.04. The smallest absolute Gasteiger partial charge is 0.241 e. The summed E-state index contributed by atoms with van der Waals surface area (Å²) in [6.07, 6.45) is 9.34. The van der Waals surface area contributed by atoms with Crippen molar-refractivity contribution in [1.29, 1.82) is 0 Å². The molecule has 1 amide bonds. The normalized spacial score (nSPS) is 15.8. The van der Waals surface area contributed by atoms with Gasteiger partial charge in [-0.1, -0.05) is 12.8 Å². The Hall–Kier alpha value is -1.32. The van der Waals surface area contributed by atoms with Gasteiger partial charge in [0.1, 0.15) is 6.54 Å². The number of amides is 1. The third kappa shape index (κ3) is 3.32. The molecule has 1 aromatic rings. The molecule has 0 aromatic carbocycles. The van der Waals surface area contributed by atoms with Gasteiger partial charge in [0.25, 0.3) is 0 Å². The number of hydrogen-bond acceptors (Lipinski definition) is 2. The van der Waals surface area contributed by atoms with Gasteiger partial charge >= 0.3 is 0 Å². The Labute approximate surface area is 102 Å². The van der Waals surface area contributed by atoms with Crippen molar-refractivity contribution in [2.24, 2.45) is 0 Å². The van der Waals surface area contributed by atoms with Crippen LogP contribution in [-0.4, -0.2) is 22.2 Å². The van der Waals surface area contributed by atoms with Crippen molar-refractivity contribution in [3.05, 3.63) is 17.5 Å². The van der Waals surface area contributed by atoms with Crippen molar-refractivity contribution in [1.82, 2.24) is 15.1 Å².